The van der Waals surface area contributed by atoms with Gasteiger partial charge in [-0.25, -0.2) is 4.98 Å². The molecule has 0 bridgehead atoms. The van der Waals surface area contributed by atoms with Crippen molar-refractivity contribution in [3.05, 3.63) is 58.7 Å². The smallest absolute Gasteiger partial charge is 0.322 e. The van der Waals surface area contributed by atoms with Gasteiger partial charge in [0.15, 0.2) is 11.4 Å². The van der Waals surface area contributed by atoms with Crippen LogP contribution in [-0.4, -0.2) is 33.6 Å². The van der Waals surface area contributed by atoms with Crippen LogP contribution in [0.3, 0.4) is 0 Å². The summed E-state index contributed by atoms with van der Waals surface area (Å²) in [5, 5.41) is 21.8. The minimum Gasteiger partial charge on any atom is -0.504 e. The molecule has 0 atom stereocenters. The summed E-state index contributed by atoms with van der Waals surface area (Å²) in [6.45, 7) is -0.534. The van der Waals surface area contributed by atoms with Gasteiger partial charge in [0.05, 0.1) is 4.70 Å². The number of nitrogens with one attached hydrogen (secondary N) is 1. The molecule has 0 spiro atoms. The molecule has 0 fully saturated rings. The third-order valence-electron chi connectivity index (χ3n) is 3.41. The fourth-order valence-electron chi connectivity index (χ4n) is 2.24. The minimum absolute atomic E-state index is 0.186. The number of aromatic hydroxyl groups is 1. The fourth-order valence-corrected chi connectivity index (χ4v) is 3.22. The number of amides is 1. The van der Waals surface area contributed by atoms with E-state index >= 15 is 0 Å². The van der Waals surface area contributed by atoms with E-state index in [-0.39, 0.29) is 11.4 Å². The molecule has 3 aromatic rings. The van der Waals surface area contributed by atoms with E-state index in [9.17, 15) is 14.7 Å². The summed E-state index contributed by atoms with van der Waals surface area (Å²) in [7, 11) is 0. The van der Waals surface area contributed by atoms with Gasteiger partial charge in [0.2, 0.25) is 0 Å². The van der Waals surface area contributed by atoms with E-state index in [0.717, 1.165) is 10.4 Å². The van der Waals surface area contributed by atoms with Gasteiger partial charge in [-0.1, -0.05) is 36.4 Å². The van der Waals surface area contributed by atoms with Crippen molar-refractivity contribution in [2.45, 2.75) is 0 Å². The van der Waals surface area contributed by atoms with E-state index < -0.39 is 18.4 Å². The lowest BCUT2D eigenvalue weighted by Crippen LogP contribution is -2.29. The Labute approximate surface area is 147 Å². The third kappa shape index (κ3) is 3.84. The molecular weight excluding hydrogens is 340 g/mol. The maximum Gasteiger partial charge on any atom is 0.322 e. The number of benzene rings is 1. The van der Waals surface area contributed by atoms with Gasteiger partial charge < -0.3 is 15.5 Å². The Hall–Kier alpha value is -3.19. The molecule has 0 saturated heterocycles. The van der Waals surface area contributed by atoms with E-state index in [0.29, 0.717) is 10.1 Å². The number of carboxylic acid groups (broad SMARTS) is 1. The number of carboxylic acids is 1. The first-order valence-electron chi connectivity index (χ1n) is 7.39. The van der Waals surface area contributed by atoms with Crippen LogP contribution < -0.4 is 5.32 Å². The molecule has 0 aliphatic rings. The summed E-state index contributed by atoms with van der Waals surface area (Å²) < 4.78 is 0.531. The number of hydrogen-bond acceptors (Lipinski definition) is 5. The molecule has 0 radical (unpaired) electrons. The van der Waals surface area contributed by atoms with Gasteiger partial charge >= 0.3 is 5.97 Å². The minimum atomic E-state index is -1.17. The molecular formula is C18H14N2O4S. The molecule has 3 rings (SSSR count). The Kier molecular flexibility index (Phi) is 4.76. The third-order valence-corrected chi connectivity index (χ3v) is 4.53. The zero-order valence-electron chi connectivity index (χ0n) is 13.0. The lowest BCUT2D eigenvalue weighted by molar-refractivity contribution is -0.135. The highest BCUT2D eigenvalue weighted by Gasteiger charge is 2.17. The number of hydrogen-bond donors (Lipinski definition) is 3. The second-order valence-electron chi connectivity index (χ2n) is 5.21. The van der Waals surface area contributed by atoms with E-state index in [1.54, 1.807) is 0 Å². The molecule has 25 heavy (non-hydrogen) atoms. The molecule has 126 valence electrons. The van der Waals surface area contributed by atoms with E-state index in [1.165, 1.54) is 17.5 Å². The first-order valence-corrected chi connectivity index (χ1v) is 8.21. The number of aromatic nitrogens is 1. The Bertz CT molecular complexity index is 964. The lowest BCUT2D eigenvalue weighted by Gasteiger charge is -2.04. The Balaban J connectivity index is 1.88. The maximum absolute atomic E-state index is 11.9. The van der Waals surface area contributed by atoms with E-state index in [1.807, 2.05) is 48.6 Å². The number of carbonyl (C=O) groups excluding carboxylic acids is 1. The summed E-state index contributed by atoms with van der Waals surface area (Å²) in [5.74, 6) is -2.14. The van der Waals surface area contributed by atoms with Crippen molar-refractivity contribution in [2.75, 3.05) is 6.54 Å². The van der Waals surface area contributed by atoms with Crippen LogP contribution in [0.5, 0.6) is 5.75 Å². The highest BCUT2D eigenvalue weighted by Crippen LogP contribution is 2.35. The van der Waals surface area contributed by atoms with Crippen molar-refractivity contribution in [1.82, 2.24) is 10.3 Å². The van der Waals surface area contributed by atoms with Gasteiger partial charge in [0, 0.05) is 16.5 Å². The van der Waals surface area contributed by atoms with Crippen LogP contribution in [0.2, 0.25) is 0 Å². The van der Waals surface area contributed by atoms with Gasteiger partial charge in [-0.2, -0.15) is 0 Å². The monoisotopic (exact) mass is 354 g/mol. The van der Waals surface area contributed by atoms with Crippen LogP contribution >= 0.6 is 11.3 Å². The summed E-state index contributed by atoms with van der Waals surface area (Å²) in [6.07, 6.45) is 5.36. The molecule has 0 aliphatic heterocycles. The van der Waals surface area contributed by atoms with Crippen LogP contribution in [0, 0.1) is 0 Å². The van der Waals surface area contributed by atoms with Crippen LogP contribution in [0.25, 0.3) is 22.2 Å². The number of rotatable bonds is 5. The van der Waals surface area contributed by atoms with E-state index in [4.69, 9.17) is 5.11 Å². The predicted octanol–water partition coefficient (Wildman–Crippen LogP) is 2.99. The summed E-state index contributed by atoms with van der Waals surface area (Å²) in [6, 6.07) is 11.7. The first-order chi connectivity index (χ1) is 12.0. The van der Waals surface area contributed by atoms with Gasteiger partial charge in [-0.3, -0.25) is 9.59 Å². The Morgan fingerprint density at radius 3 is 2.68 bits per heavy atom. The van der Waals surface area contributed by atoms with Crippen molar-refractivity contribution in [3.8, 4) is 5.75 Å². The molecule has 1 amide bonds. The predicted molar refractivity (Wildman–Crippen MR) is 96.6 cm³/mol. The molecule has 6 nitrogen and oxygen atoms in total. The van der Waals surface area contributed by atoms with Crippen molar-refractivity contribution >= 4 is 45.5 Å². The zero-order valence-corrected chi connectivity index (χ0v) is 13.8. The van der Waals surface area contributed by atoms with Gasteiger partial charge in [-0.15, -0.1) is 11.3 Å². The van der Waals surface area contributed by atoms with Crippen molar-refractivity contribution in [3.63, 3.8) is 0 Å². The lowest BCUT2D eigenvalue weighted by atomic mass is 10.2. The second-order valence-corrected chi connectivity index (χ2v) is 6.29. The molecule has 3 N–H and O–H groups in total. The Morgan fingerprint density at radius 1 is 1.20 bits per heavy atom. The summed E-state index contributed by atoms with van der Waals surface area (Å²) in [5.41, 5.74) is 0.866. The number of aliphatic carboxylic acids is 1. The average molecular weight is 354 g/mol. The molecule has 2 aromatic heterocycles. The highest BCUT2D eigenvalue weighted by atomic mass is 32.1. The maximum atomic E-state index is 11.9. The fraction of sp³-hybridized carbons (Fsp3) is 0.0556. The van der Waals surface area contributed by atoms with Crippen LogP contribution in [0.15, 0.2) is 42.6 Å². The zero-order chi connectivity index (χ0) is 17.8. The van der Waals surface area contributed by atoms with Crippen LogP contribution in [0.1, 0.15) is 20.9 Å². The number of nitrogens with zero attached hydrogens (tertiary/aromatic N) is 1. The van der Waals surface area contributed by atoms with Crippen molar-refractivity contribution in [1.29, 1.82) is 0 Å². The van der Waals surface area contributed by atoms with Gasteiger partial charge in [0.1, 0.15) is 6.54 Å². The topological polar surface area (TPSA) is 99.5 Å². The normalized spacial score (nSPS) is 11.0. The molecule has 7 heteroatoms. The summed E-state index contributed by atoms with van der Waals surface area (Å²) in [4.78, 5) is 27.3. The van der Waals surface area contributed by atoms with Crippen LogP contribution in [-0.2, 0) is 4.79 Å². The number of pyridine rings is 1. The van der Waals surface area contributed by atoms with Crippen molar-refractivity contribution in [2.24, 2.45) is 0 Å². The molecule has 0 aliphatic carbocycles. The quantitative estimate of drug-likeness (QED) is 0.654. The van der Waals surface area contributed by atoms with Crippen LogP contribution in [0.4, 0.5) is 0 Å². The van der Waals surface area contributed by atoms with Gasteiger partial charge in [0.25, 0.3) is 5.91 Å². The van der Waals surface area contributed by atoms with E-state index in [2.05, 4.69) is 10.3 Å². The number of carbonyl (C=O) groups is 2. The average Bonchev–Trinajstić information content (AvgIpc) is 3.03. The molecule has 0 unspecified atom stereocenters. The number of fused-ring (bicyclic) bond motifs is 1. The molecule has 1 aromatic carbocycles. The molecule has 0 saturated carbocycles. The summed E-state index contributed by atoms with van der Waals surface area (Å²) >= 11 is 1.33. The number of thiophene rings is 1. The highest BCUT2D eigenvalue weighted by molar-refractivity contribution is 7.20. The van der Waals surface area contributed by atoms with Gasteiger partial charge in [-0.05, 0) is 17.7 Å². The largest absolute Gasteiger partial charge is 0.504 e. The van der Waals surface area contributed by atoms with Crippen molar-refractivity contribution < 1.29 is 19.8 Å². The first kappa shape index (κ1) is 16.7. The molecule has 2 heterocycles. The standard InChI is InChI=1S/C18H14N2O4S/c21-14(22)10-20-18(24)15-16(23)17-12(9-19-15)8-13(25-17)7-6-11-4-2-1-3-5-11/h1-9,23H,10H2,(H,20,24)(H,21,22). The Morgan fingerprint density at radius 2 is 1.96 bits per heavy atom. The SMILES string of the molecule is O=C(O)CNC(=O)c1ncc2cc(C=Cc3ccccc3)sc2c1O. The second kappa shape index (κ2) is 7.14.